The molecule has 0 saturated carbocycles. The number of benzene rings is 4. The molecule has 0 aliphatic rings. The molecule has 0 aliphatic heterocycles. The average Bonchev–Trinajstić information content (AvgIpc) is 0.868. The van der Waals surface area contributed by atoms with Gasteiger partial charge in [-0.3, -0.25) is 38.4 Å². The summed E-state index contributed by atoms with van der Waals surface area (Å²) in [6.45, 7) is 16.8. The van der Waals surface area contributed by atoms with E-state index in [2.05, 4.69) is 138 Å². The predicted molar refractivity (Wildman–Crippen MR) is 681 cm³/mol. The van der Waals surface area contributed by atoms with Crippen LogP contribution in [-0.2, 0) is 57.6 Å². The van der Waals surface area contributed by atoms with Crippen LogP contribution in [0, 0.1) is 6.92 Å². The van der Waals surface area contributed by atoms with Crippen LogP contribution in [0.25, 0.3) is 0 Å². The minimum atomic E-state index is -0.104. The maximum Gasteiger partial charge on any atom is 0.216 e. The van der Waals surface area contributed by atoms with Gasteiger partial charge in [-0.25, -0.2) is 9.98 Å². The Morgan fingerprint density at radius 2 is 0.660 bits per heavy atom. The second kappa shape index (κ2) is 90.6. The van der Waals surface area contributed by atoms with E-state index in [1.807, 2.05) is 38.1 Å². The lowest BCUT2D eigenvalue weighted by molar-refractivity contribution is -0.122. The minimum absolute atomic E-state index is 0.0143. The van der Waals surface area contributed by atoms with Gasteiger partial charge in [-0.05, 0) is 126 Å². The van der Waals surface area contributed by atoms with Gasteiger partial charge in [-0.15, -0.1) is 0 Å². The third kappa shape index (κ3) is 83.5. The second-order valence-corrected chi connectivity index (χ2v) is 40.5. The summed E-state index contributed by atoms with van der Waals surface area (Å²) in [5, 5.41) is 25.0. The van der Waals surface area contributed by atoms with E-state index in [4.69, 9.17) is 231 Å². The fourth-order valence-corrected chi connectivity index (χ4v) is 14.0. The number of aliphatic imine (C=N–C) groups is 2. The van der Waals surface area contributed by atoms with Crippen LogP contribution in [0.4, 0.5) is 0 Å². The van der Waals surface area contributed by atoms with Gasteiger partial charge in [0.2, 0.25) is 11.8 Å². The molecule has 4 aromatic rings. The molecule has 23 nitrogen and oxygen atoms in total. The number of carbonyl (C=O) groups excluding carboxylic acids is 10. The molecule has 0 radical (unpaired) electrons. The monoisotopic (exact) mass is 2330 g/mol. The highest BCUT2D eigenvalue weighted by molar-refractivity contribution is 7.92. The number of rotatable bonds is 52. The fourth-order valence-electron chi connectivity index (χ4n) is 10.8. The summed E-state index contributed by atoms with van der Waals surface area (Å²) in [6, 6.07) is 31.8. The van der Waals surface area contributed by atoms with E-state index in [-0.39, 0.29) is 113 Å². The number of amides is 2. The molecule has 0 fully saturated rings. The highest BCUT2D eigenvalue weighted by atomic mass is 32.1. The Morgan fingerprint density at radius 3 is 1.01 bits per heavy atom. The molecule has 144 heavy (non-hydrogen) atoms. The van der Waals surface area contributed by atoms with Crippen LogP contribution in [-0.4, -0.2) is 232 Å². The smallest absolute Gasteiger partial charge is 0.216 e. The zero-order valence-electron chi connectivity index (χ0n) is 84.7. The number of ketones is 8. The van der Waals surface area contributed by atoms with E-state index >= 15 is 0 Å². The summed E-state index contributed by atoms with van der Waals surface area (Å²) >= 11 is 99.3. The molecular formula is C101H137N13O10S20. The summed E-state index contributed by atoms with van der Waals surface area (Å²) < 4.78 is 0. The molecule has 0 bridgehead atoms. The number of Topliss-reactive ketones (excluding diaryl/α,β-unsaturated/α-hetero) is 8. The van der Waals surface area contributed by atoms with Crippen molar-refractivity contribution in [2.24, 2.45) is 21.5 Å². The van der Waals surface area contributed by atoms with Crippen LogP contribution in [0.5, 0.6) is 0 Å². The van der Waals surface area contributed by atoms with Gasteiger partial charge in [0.1, 0.15) is 79.6 Å². The molecule has 0 atom stereocenters. The van der Waals surface area contributed by atoms with Gasteiger partial charge < -0.3 is 68.9 Å². The largest absolute Gasteiger partial charge is 0.388 e. The standard InChI is InChI=1S/C22H23NS4.C14H24N2O2S2.C13H13NO2S2.C12H20N2O2S2.C12H12N2S2.C11H17NO2S2.C9H13NO2S2.C6H11NS2.C2H4N2S2/c1-15(24)11-16-3-5-17(6-4-16)12-18-7-9-19(10-8-18)13-20(25)14-21(26)22(27)23-2;1-11(17)16-9-7-5-3-4-6-8-12(18)10-13(19)14(20)15-2;1-8(15)9-3-5-10(6-4-9)11(16)7-12(17)13(18)14-2;1-9(15)14-7-5-3-4-6-10(16)8-11(17)12(18)13-2;1-3-13-11(15)12(16)14-8-10-6-4-5-9(2)7-10;1-8(13)5-3-4-6-9(14)7-10(15)11(16)12-2;1-6(11)3-4-7(12)5-8(13)9(14)10-2;1-3-4-5(8)6(9)7-2;3-1(5)2(4)6/h3-10H,11-14H2,1-2H3,(H,23,27);3-10H2,1-2H3,(H,15,20)(H,16,17);3-6H,7H2,1-2H3,(H,14,18);3-8H2,1-2H3,(H,13,18)(H,14,15);3-8H,1-2H3;3-7H2,1-2H3,(H,12,16);3-5H2,1-2H3,(H,10,14);3-4H2,1-2H3,(H,7,9);(H2,3,5)(H2,4,6). The average molecular weight is 2330 g/mol. The number of nitrogens with two attached hydrogens (primary N) is 2. The topological polar surface area (TPSA) is 356 Å². The molecule has 0 aliphatic carbocycles. The molecule has 4 rings (SSSR count). The number of unbranched alkanes of at least 4 members (excludes halogenated alkanes) is 7. The lowest BCUT2D eigenvalue weighted by Crippen LogP contribution is -2.26. The Bertz CT molecular complexity index is 5160. The van der Waals surface area contributed by atoms with Crippen molar-refractivity contribution in [3.05, 3.63) is 142 Å². The number of hydrogen-bond acceptors (Lipinski definition) is 30. The summed E-state index contributed by atoms with van der Waals surface area (Å²) in [4.78, 5) is 130. The van der Waals surface area contributed by atoms with Crippen LogP contribution >= 0.6 is 244 Å². The molecule has 0 saturated heterocycles. The van der Waals surface area contributed by atoms with Gasteiger partial charge in [-0.1, -0.05) is 386 Å². The van der Waals surface area contributed by atoms with E-state index in [1.165, 1.54) is 55.5 Å². The number of aryl methyl sites for hydroxylation is 1. The summed E-state index contributed by atoms with van der Waals surface area (Å²) in [6.07, 6.45) is 21.3. The lowest BCUT2D eigenvalue weighted by atomic mass is 10.00. The van der Waals surface area contributed by atoms with Gasteiger partial charge in [0.05, 0.1) is 29.2 Å². The summed E-state index contributed by atoms with van der Waals surface area (Å²) in [5.41, 5.74) is 18.2. The third-order valence-electron chi connectivity index (χ3n) is 18.4. The zero-order valence-corrected chi connectivity index (χ0v) is 101. The minimum Gasteiger partial charge on any atom is -0.388 e. The first-order chi connectivity index (χ1) is 67.7. The van der Waals surface area contributed by atoms with Gasteiger partial charge in [-0.2, -0.15) is 0 Å². The van der Waals surface area contributed by atoms with Crippen LogP contribution < -0.4 is 59.3 Å². The van der Waals surface area contributed by atoms with Crippen molar-refractivity contribution in [1.82, 2.24) is 47.9 Å². The Kier molecular flexibility index (Phi) is 91.2. The van der Waals surface area contributed by atoms with Crippen LogP contribution in [0.3, 0.4) is 0 Å². The maximum absolute atomic E-state index is 11.9. The highest BCUT2D eigenvalue weighted by Gasteiger charge is 2.17. The molecule has 0 aromatic heterocycles. The molecule has 786 valence electrons. The summed E-state index contributed by atoms with van der Waals surface area (Å²) in [7, 11) is 12.0. The van der Waals surface area contributed by atoms with Crippen LogP contribution in [0.15, 0.2) is 107 Å². The first kappa shape index (κ1) is 145. The Labute approximate surface area is 960 Å². The van der Waals surface area contributed by atoms with Crippen LogP contribution in [0.1, 0.15) is 264 Å². The first-order valence-corrected chi connectivity index (χ1v) is 53.7. The van der Waals surface area contributed by atoms with Gasteiger partial charge >= 0.3 is 0 Å². The maximum atomic E-state index is 11.9. The normalized spacial score (nSPS) is 9.78. The number of hydrogen-bond donors (Lipinski definition) is 11. The Morgan fingerprint density at radius 1 is 0.340 bits per heavy atom. The molecule has 43 heteroatoms. The molecule has 0 spiro atoms. The Hall–Kier alpha value is -7.48. The van der Waals surface area contributed by atoms with Gasteiger partial charge in [0.25, 0.3) is 0 Å². The van der Waals surface area contributed by atoms with Crippen molar-refractivity contribution >= 4 is 414 Å². The van der Waals surface area contributed by atoms with E-state index in [9.17, 15) is 47.9 Å². The van der Waals surface area contributed by atoms with Gasteiger partial charge in [0.15, 0.2) is 21.5 Å². The molecular weight excluding hydrogens is 2200 g/mol. The van der Waals surface area contributed by atoms with Crippen molar-refractivity contribution in [3.63, 3.8) is 0 Å². The fraction of sp³-hybridized carbons (Fsp3) is 0.446. The van der Waals surface area contributed by atoms with Crippen molar-refractivity contribution in [3.8, 4) is 0 Å². The molecule has 2 amide bonds. The Balaban J connectivity index is -0.000000513. The predicted octanol–water partition coefficient (Wildman–Crippen LogP) is 19.4. The third-order valence-corrected chi connectivity index (χ3v) is 26.7. The summed E-state index contributed by atoms with van der Waals surface area (Å²) in [5.74, 6) is 0.383. The second-order valence-electron chi connectivity index (χ2n) is 31.2. The van der Waals surface area contributed by atoms with E-state index < -0.39 is 0 Å². The quantitative estimate of drug-likeness (QED) is 0.00846. The number of thiocarbonyl (C=S) groups is 20. The zero-order chi connectivity index (χ0) is 111. The van der Waals surface area contributed by atoms with Crippen molar-refractivity contribution in [1.29, 1.82) is 0 Å². The molecule has 4 aromatic carbocycles. The van der Waals surface area contributed by atoms with Gasteiger partial charge in [0, 0.05) is 199 Å². The van der Waals surface area contributed by atoms with Crippen LogP contribution in [0.2, 0.25) is 0 Å². The highest BCUT2D eigenvalue weighted by Crippen LogP contribution is 2.17. The van der Waals surface area contributed by atoms with E-state index in [0.29, 0.717) is 124 Å². The molecule has 13 N–H and O–H groups in total. The molecule has 0 unspecified atom stereocenters. The van der Waals surface area contributed by atoms with E-state index in [1.54, 1.807) is 99.9 Å². The lowest BCUT2D eigenvalue weighted by Gasteiger charge is -2.08. The number of nitrogens with one attached hydrogen (secondary N) is 9. The number of nitrogens with zero attached hydrogens (tertiary/aromatic N) is 2. The SMILES string of the molecule is CC=NC(=S)C(=S)N=Cc1cccc(C)c1.CCCC(=S)C(=S)NC.CNC(=S)C(=S)CC(=O)CCC(C)=O.CNC(=S)C(=S)CC(=O)CCCCC(C)=O.CNC(=S)C(=S)CC(=O)CCCCCCCNC(C)=O.CNC(=S)C(=S)CC(=O)CCCCCNC(C)=O.CNC(=S)C(=S)CC(=O)c1ccc(C(C)=O)cc1.CNC(=S)C(=S)CC(=S)Cc1ccc(Cc2ccc(CC(C)=S)cc2)cc1.NC(=S)C(N)=S. The van der Waals surface area contributed by atoms with E-state index in [0.717, 1.165) is 123 Å². The van der Waals surface area contributed by atoms with Crippen molar-refractivity contribution < 1.29 is 47.9 Å². The van der Waals surface area contributed by atoms with Crippen molar-refractivity contribution in [2.75, 3.05) is 62.4 Å². The molecule has 0 heterocycles. The number of carbonyl (C=O) groups is 10. The first-order valence-electron chi connectivity index (χ1n) is 45.6. The van der Waals surface area contributed by atoms with Crippen molar-refractivity contribution in [2.45, 2.75) is 236 Å².